The van der Waals surface area contributed by atoms with E-state index in [9.17, 15) is 20.8 Å². The van der Waals surface area contributed by atoms with Crippen LogP contribution in [0.15, 0.2) is 156 Å². The van der Waals surface area contributed by atoms with E-state index >= 15 is 0 Å². The Bertz CT molecular complexity index is 3670. The predicted octanol–water partition coefficient (Wildman–Crippen LogP) is 11.7. The molecule has 0 spiro atoms. The zero-order valence-corrected chi connectivity index (χ0v) is 31.7. The van der Waals surface area contributed by atoms with Crippen LogP contribution >= 0.6 is 0 Å². The van der Waals surface area contributed by atoms with Gasteiger partial charge < -0.3 is 19.4 Å². The average molecular weight is 939 g/mol. The molecule has 6 heteroatoms. The Hall–Kier alpha value is -6.07. The molecule has 0 radical (unpaired) electrons. The number of pyridine rings is 3. The van der Waals surface area contributed by atoms with Crippen LogP contribution in [0.4, 0.5) is 4.39 Å². The summed E-state index contributed by atoms with van der Waals surface area (Å²) in [5, 5.41) is 0.432. The summed E-state index contributed by atoms with van der Waals surface area (Å²) in [6.45, 7) is 0. The monoisotopic (exact) mass is 939 g/mol. The van der Waals surface area contributed by atoms with Gasteiger partial charge in [0.05, 0.1) is 16.5 Å². The summed E-state index contributed by atoms with van der Waals surface area (Å²) in [6.07, 6.45) is -18.4. The Morgan fingerprint density at radius 1 is 0.544 bits per heavy atom. The molecule has 4 nitrogen and oxygen atoms in total. The Balaban J connectivity index is 0.00000784. The molecule has 0 saturated heterocycles. The van der Waals surface area contributed by atoms with E-state index in [-0.39, 0.29) is 75.8 Å². The molecule has 57 heavy (non-hydrogen) atoms. The molecule has 0 amide bonds. The Kier molecular flexibility index (Phi) is 6.38. The summed E-state index contributed by atoms with van der Waals surface area (Å²) in [5.74, 6) is -1.15. The first-order valence-electron chi connectivity index (χ1n) is 27.0. The number of halogens is 1. The van der Waals surface area contributed by atoms with Gasteiger partial charge in [-0.05, 0) is 101 Å². The molecule has 0 fully saturated rings. The van der Waals surface area contributed by atoms with E-state index in [2.05, 4.69) is 33.2 Å². The maximum Gasteiger partial charge on any atom is 3.00 e. The van der Waals surface area contributed by atoms with Crippen molar-refractivity contribution in [2.75, 3.05) is 0 Å². The van der Waals surface area contributed by atoms with E-state index < -0.39 is 126 Å². The fraction of sp³-hybridized carbons (Fsp3) is 0.118. The fourth-order valence-electron chi connectivity index (χ4n) is 5.66. The first-order chi connectivity index (χ1) is 35.5. The molecule has 0 aliphatic heterocycles. The van der Waals surface area contributed by atoms with Gasteiger partial charge in [0, 0.05) is 46.5 Å². The van der Waals surface area contributed by atoms with Gasteiger partial charge in [0.15, 0.2) is 0 Å². The summed E-state index contributed by atoms with van der Waals surface area (Å²) in [6, 6.07) is 21.3. The number of benzene rings is 5. The first-order valence-corrected chi connectivity index (χ1v) is 17.0. The van der Waals surface area contributed by atoms with Crippen molar-refractivity contribution in [3.05, 3.63) is 209 Å². The maximum absolute atomic E-state index is 14.6. The van der Waals surface area contributed by atoms with Gasteiger partial charge >= 0.3 is 20.1 Å². The van der Waals surface area contributed by atoms with Gasteiger partial charge in [0.25, 0.3) is 0 Å². The number of nitrogens with zero attached hydrogens (tertiary/aromatic N) is 3. The maximum atomic E-state index is 14.6. The van der Waals surface area contributed by atoms with E-state index in [1.54, 1.807) is 24.3 Å². The van der Waals surface area contributed by atoms with Crippen molar-refractivity contribution in [1.29, 1.82) is 0 Å². The number of hydrogen-bond acceptors (Lipinski definition) is 4. The number of rotatable bonds is 12. The van der Waals surface area contributed by atoms with E-state index in [4.69, 9.17) is 15.4 Å². The molecule has 0 N–H and O–H groups in total. The van der Waals surface area contributed by atoms with Crippen LogP contribution in [0.1, 0.15) is 60.8 Å². The largest absolute Gasteiger partial charge is 3.00 e. The molecular weight excluding hydrogens is 882 g/mol. The second-order valence-electron chi connectivity index (χ2n) is 12.1. The standard InChI is InChI=1S/C51H37FN3O.Ir/c52-43-23-24-44-45-12-7-13-46(51(45)56-50(44)31-43)49-27-22-37(34-55-49)16-19-40-29-38(17-14-35-20-25-47(53-32-35)41-8-3-1-4-9-41)28-39(30-40)18-15-36-21-26-48(54-33-36)42-10-5-2-6-11-42;/h1-8,10,12,20-34H,14-19H2;/q-3;+3/i14D2,15D2,16D2,17D2,18D2,19D2,20D,21D,22D,23D,25D,26D,27D,31D;. The smallest absolute Gasteiger partial charge is 0.500 e. The molecule has 0 saturated carbocycles. The van der Waals surface area contributed by atoms with E-state index in [1.165, 1.54) is 36.4 Å². The molecule has 278 valence electrons. The third kappa shape index (κ3) is 8.84. The summed E-state index contributed by atoms with van der Waals surface area (Å²) in [5.41, 5.74) is -5.58. The minimum atomic E-state index is -3.54. The zero-order chi connectivity index (χ0) is 55.4. The molecule has 0 atom stereocenters. The minimum Gasteiger partial charge on any atom is -0.500 e. The van der Waals surface area contributed by atoms with Crippen molar-refractivity contribution in [3.8, 4) is 33.8 Å². The summed E-state index contributed by atoms with van der Waals surface area (Å²) >= 11 is 0. The van der Waals surface area contributed by atoms with E-state index in [1.807, 2.05) is 0 Å². The molecule has 0 aliphatic carbocycles. The summed E-state index contributed by atoms with van der Waals surface area (Å²) < 4.78 is 202. The van der Waals surface area contributed by atoms with Gasteiger partial charge in [0.1, 0.15) is 11.4 Å². The third-order valence-corrected chi connectivity index (χ3v) is 8.29. The van der Waals surface area contributed by atoms with Crippen LogP contribution in [0.3, 0.4) is 0 Å². The number of fused-ring (bicyclic) bond motifs is 3. The van der Waals surface area contributed by atoms with Gasteiger partial charge in [-0.1, -0.05) is 65.4 Å². The van der Waals surface area contributed by atoms with Gasteiger partial charge in [0.2, 0.25) is 0 Å². The van der Waals surface area contributed by atoms with Crippen LogP contribution in [-0.4, -0.2) is 15.0 Å². The van der Waals surface area contributed by atoms with Gasteiger partial charge in [-0.3, -0.25) is 0 Å². The van der Waals surface area contributed by atoms with Crippen LogP contribution < -0.4 is 0 Å². The van der Waals surface area contributed by atoms with Crippen LogP contribution in [0.25, 0.3) is 55.7 Å². The molecule has 4 aromatic heterocycles. The first kappa shape index (κ1) is 20.9. The summed E-state index contributed by atoms with van der Waals surface area (Å²) in [7, 11) is 0. The number of aromatic nitrogens is 3. The zero-order valence-electron chi connectivity index (χ0n) is 49.3. The minimum absolute atomic E-state index is 0. The van der Waals surface area contributed by atoms with Crippen molar-refractivity contribution in [2.45, 2.75) is 38.2 Å². The second-order valence-corrected chi connectivity index (χ2v) is 12.1. The van der Waals surface area contributed by atoms with Crippen molar-refractivity contribution in [3.63, 3.8) is 0 Å². The SMILES string of the molecule is [2H]c1cc2c(oc3c(-c4ncc(C([2H])([2H])C([2H])([2H])c5cc(C([2H])([2H])C([2H])([2H])c6cnc(-c7[c-]cccc7)c([2H])c6[2H])cc(C([2H])([2H])C([2H])([2H])c6cnc(-c7[c-]cccc7)c([2H])c6[2H])c5)c([2H])c4[2H])[c-]ccc32)c([2H])c1F.[Ir+3]. The molecule has 5 aromatic carbocycles. The molecule has 9 rings (SSSR count). The van der Waals surface area contributed by atoms with E-state index in [0.29, 0.717) is 18.2 Å². The average Bonchev–Trinajstić information content (AvgIpc) is 3.79. The van der Waals surface area contributed by atoms with Crippen molar-refractivity contribution in [2.24, 2.45) is 0 Å². The number of hydrogen-bond donors (Lipinski definition) is 0. The molecule has 0 bridgehead atoms. The van der Waals surface area contributed by atoms with Gasteiger partial charge in [-0.25, -0.2) is 4.39 Å². The molecule has 0 unspecified atom stereocenters. The molecule has 9 aromatic rings. The quantitative estimate of drug-likeness (QED) is 0.115. The van der Waals surface area contributed by atoms with Gasteiger partial charge in [-0.2, -0.15) is 0 Å². The Morgan fingerprint density at radius 2 is 1.05 bits per heavy atom. The van der Waals surface area contributed by atoms with E-state index in [0.717, 1.165) is 24.7 Å². The van der Waals surface area contributed by atoms with Crippen molar-refractivity contribution in [1.82, 2.24) is 15.0 Å². The Morgan fingerprint density at radius 3 is 1.58 bits per heavy atom. The van der Waals surface area contributed by atoms with Crippen LogP contribution in [-0.2, 0) is 58.3 Å². The predicted molar refractivity (Wildman–Crippen MR) is 221 cm³/mol. The fourth-order valence-corrected chi connectivity index (χ4v) is 5.66. The van der Waals surface area contributed by atoms with Crippen LogP contribution in [0, 0.1) is 24.0 Å². The van der Waals surface area contributed by atoms with Crippen LogP contribution in [0.2, 0.25) is 0 Å². The molecular formula is C51H37FIrN3O. The summed E-state index contributed by atoms with van der Waals surface area (Å²) in [4.78, 5) is 12.6. The number of aryl methyl sites for hydroxylation is 6. The van der Waals surface area contributed by atoms with Crippen molar-refractivity contribution < 1.29 is 56.3 Å². The molecule has 0 aliphatic rings. The number of furan rings is 1. The van der Waals surface area contributed by atoms with Crippen LogP contribution in [0.5, 0.6) is 0 Å². The normalized spacial score (nSPS) is 17.8. The second kappa shape index (κ2) is 17.4. The Labute approximate surface area is 374 Å². The third-order valence-electron chi connectivity index (χ3n) is 8.29. The van der Waals surface area contributed by atoms with Crippen molar-refractivity contribution >= 4 is 21.9 Å². The molecule has 4 heterocycles. The topological polar surface area (TPSA) is 51.8 Å². The van der Waals surface area contributed by atoms with Gasteiger partial charge in [-0.15, -0.1) is 90.0 Å².